The Bertz CT molecular complexity index is 1360. The molecule has 4 aliphatic rings. The van der Waals surface area contributed by atoms with Crippen molar-refractivity contribution in [3.63, 3.8) is 0 Å². The summed E-state index contributed by atoms with van der Waals surface area (Å²) in [4.78, 5) is 17.9. The zero-order valence-corrected chi connectivity index (χ0v) is 29.0. The highest BCUT2D eigenvalue weighted by Crippen LogP contribution is 2.69. The lowest BCUT2D eigenvalue weighted by molar-refractivity contribution is -0.203. The van der Waals surface area contributed by atoms with Crippen molar-refractivity contribution in [3.8, 4) is 11.3 Å². The maximum absolute atomic E-state index is 12.7. The number of amides is 2. The van der Waals surface area contributed by atoms with Gasteiger partial charge in [0, 0.05) is 23.9 Å². The number of nitrogens with zero attached hydrogens (tertiary/aromatic N) is 1. The molecule has 7 nitrogen and oxygen atoms in total. The monoisotopic (exact) mass is 637 g/mol. The minimum Gasteiger partial charge on any atom is -0.441 e. The van der Waals surface area contributed by atoms with E-state index in [1.807, 2.05) is 26.0 Å². The number of carbonyl (C=O) groups is 1. The summed E-state index contributed by atoms with van der Waals surface area (Å²) in [5, 5.41) is 25.6. The molecule has 0 unspecified atom stereocenters. The largest absolute Gasteiger partial charge is 0.441 e. The third kappa shape index (κ3) is 5.97. The van der Waals surface area contributed by atoms with Crippen molar-refractivity contribution in [2.24, 2.45) is 52.3 Å². The molecule has 0 aliphatic heterocycles. The van der Waals surface area contributed by atoms with Crippen LogP contribution in [0.3, 0.4) is 0 Å². The maximum atomic E-state index is 12.7. The SMILES string of the molecule is CC[C@H]1[C@@H](O)[C@@H]2[C@H](CC[C@]3(C)[C@@H]([C@H](C)CCNC(=O)NSc4ccc(-c5cnc(C)o5)cc4C)CC[C@@H]23)[C@@]2(C)CC[C@@H](O)C[C@@H]12. The Labute approximate surface area is 274 Å². The van der Waals surface area contributed by atoms with Crippen LogP contribution in [0.4, 0.5) is 4.79 Å². The molecule has 45 heavy (non-hydrogen) atoms. The lowest BCUT2D eigenvalue weighted by Gasteiger charge is -2.64. The molecule has 4 aliphatic carbocycles. The van der Waals surface area contributed by atoms with Crippen LogP contribution in [0.5, 0.6) is 0 Å². The quantitative estimate of drug-likeness (QED) is 0.219. The fourth-order valence-corrected chi connectivity index (χ4v) is 11.7. The number of hydrogen-bond acceptors (Lipinski definition) is 6. The average Bonchev–Trinajstić information content (AvgIpc) is 3.60. The molecule has 11 atom stereocenters. The van der Waals surface area contributed by atoms with Crippen LogP contribution >= 0.6 is 11.9 Å². The van der Waals surface area contributed by atoms with Gasteiger partial charge in [-0.3, -0.25) is 4.72 Å². The molecule has 1 aromatic carbocycles. The van der Waals surface area contributed by atoms with Crippen molar-refractivity contribution in [1.82, 2.24) is 15.0 Å². The first-order chi connectivity index (χ1) is 21.5. The van der Waals surface area contributed by atoms with Gasteiger partial charge in [-0.25, -0.2) is 9.78 Å². The Morgan fingerprint density at radius 1 is 1.09 bits per heavy atom. The molecule has 1 aromatic heterocycles. The Balaban J connectivity index is 1.03. The third-order valence-corrected chi connectivity index (χ3v) is 14.3. The van der Waals surface area contributed by atoms with Crippen LogP contribution in [-0.2, 0) is 0 Å². The van der Waals surface area contributed by atoms with E-state index in [1.54, 1.807) is 6.20 Å². The second-order valence-electron chi connectivity index (χ2n) is 15.6. The van der Waals surface area contributed by atoms with E-state index in [9.17, 15) is 15.0 Å². The fraction of sp³-hybridized carbons (Fsp3) is 0.730. The van der Waals surface area contributed by atoms with Crippen molar-refractivity contribution < 1.29 is 19.4 Å². The highest BCUT2D eigenvalue weighted by molar-refractivity contribution is 7.98. The molecule has 0 bridgehead atoms. The summed E-state index contributed by atoms with van der Waals surface area (Å²) in [5.74, 6) is 4.75. The number of benzene rings is 1. The molecule has 4 fully saturated rings. The maximum Gasteiger partial charge on any atom is 0.325 e. The van der Waals surface area contributed by atoms with Gasteiger partial charge in [-0.2, -0.15) is 0 Å². The summed E-state index contributed by atoms with van der Waals surface area (Å²) in [6.07, 6.45) is 11.0. The second kappa shape index (κ2) is 12.9. The van der Waals surface area contributed by atoms with Crippen LogP contribution in [0, 0.1) is 66.1 Å². The van der Waals surface area contributed by atoms with E-state index in [-0.39, 0.29) is 29.1 Å². The van der Waals surface area contributed by atoms with E-state index in [2.05, 4.69) is 48.8 Å². The van der Waals surface area contributed by atoms with Crippen LogP contribution in [0.15, 0.2) is 33.7 Å². The molecule has 0 saturated heterocycles. The molecule has 248 valence electrons. The zero-order chi connectivity index (χ0) is 32.1. The molecule has 2 aromatic rings. The summed E-state index contributed by atoms with van der Waals surface area (Å²) in [6.45, 7) is 14.2. The zero-order valence-electron chi connectivity index (χ0n) is 28.1. The van der Waals surface area contributed by atoms with Crippen LogP contribution < -0.4 is 10.0 Å². The summed E-state index contributed by atoms with van der Waals surface area (Å²) >= 11 is 1.34. The van der Waals surface area contributed by atoms with Gasteiger partial charge in [-0.1, -0.05) is 34.1 Å². The van der Waals surface area contributed by atoms with Crippen molar-refractivity contribution in [3.05, 3.63) is 35.9 Å². The molecular weight excluding hydrogens is 582 g/mol. The number of aliphatic hydroxyl groups excluding tert-OH is 2. The van der Waals surface area contributed by atoms with E-state index in [1.165, 1.54) is 37.6 Å². The lowest BCUT2D eigenvalue weighted by Crippen LogP contribution is -2.62. The predicted octanol–water partition coefficient (Wildman–Crippen LogP) is 7.92. The van der Waals surface area contributed by atoms with Crippen LogP contribution in [0.1, 0.15) is 96.9 Å². The van der Waals surface area contributed by atoms with Gasteiger partial charge in [0.1, 0.15) is 0 Å². The first-order valence-electron chi connectivity index (χ1n) is 17.6. The standard InChI is InChI=1S/C37H55N3O4S/c1-7-26-30-19-25(41)12-15-37(30,6)29-13-16-36(5)27(9-10-28(36)33(29)34(26)42)21(2)14-17-38-35(43)40-45-32-11-8-24(18-22(32)3)31-20-39-23(4)44-31/h8,11,18,20-21,25-30,33-34,41-42H,7,9-10,12-17,19H2,1-6H3,(H2,38,40,43)/t21-,25-,26-,27-,28+,29+,30+,33+,34-,36-,37-/m1/s1. The number of urea groups is 1. The molecule has 4 saturated carbocycles. The number of aliphatic hydroxyl groups is 2. The van der Waals surface area contributed by atoms with E-state index < -0.39 is 0 Å². The molecule has 6 rings (SSSR count). The predicted molar refractivity (Wildman–Crippen MR) is 179 cm³/mol. The highest BCUT2D eigenvalue weighted by atomic mass is 32.2. The number of rotatable bonds is 8. The Morgan fingerprint density at radius 2 is 1.84 bits per heavy atom. The van der Waals surface area contributed by atoms with E-state index >= 15 is 0 Å². The first kappa shape index (κ1) is 32.9. The number of aryl methyl sites for hydroxylation is 2. The fourth-order valence-electron chi connectivity index (χ4n) is 11.1. The van der Waals surface area contributed by atoms with Crippen molar-refractivity contribution in [1.29, 1.82) is 0 Å². The van der Waals surface area contributed by atoms with Gasteiger partial charge in [-0.05, 0) is 146 Å². The normalized spacial score (nSPS) is 38.1. The summed E-state index contributed by atoms with van der Waals surface area (Å²) in [7, 11) is 0. The molecule has 8 heteroatoms. The highest BCUT2D eigenvalue weighted by Gasteiger charge is 2.64. The van der Waals surface area contributed by atoms with Gasteiger partial charge in [0.15, 0.2) is 11.7 Å². The number of fused-ring (bicyclic) bond motifs is 5. The molecule has 0 spiro atoms. The summed E-state index contributed by atoms with van der Waals surface area (Å²) in [5.41, 5.74) is 2.52. The average molecular weight is 638 g/mol. The Hall–Kier alpha value is -2.03. The van der Waals surface area contributed by atoms with Crippen molar-refractivity contribution >= 4 is 18.0 Å². The van der Waals surface area contributed by atoms with Crippen LogP contribution in [0.25, 0.3) is 11.3 Å². The number of aromatic nitrogens is 1. The molecule has 1 heterocycles. The summed E-state index contributed by atoms with van der Waals surface area (Å²) < 4.78 is 8.61. The lowest BCUT2D eigenvalue weighted by atomic mass is 9.41. The summed E-state index contributed by atoms with van der Waals surface area (Å²) in [6, 6.07) is 5.89. The third-order valence-electron chi connectivity index (χ3n) is 13.4. The van der Waals surface area contributed by atoms with Crippen molar-refractivity contribution in [2.45, 2.75) is 116 Å². The van der Waals surface area contributed by atoms with Gasteiger partial charge in [0.2, 0.25) is 0 Å². The van der Waals surface area contributed by atoms with Crippen LogP contribution in [0.2, 0.25) is 0 Å². The molecule has 0 radical (unpaired) electrons. The van der Waals surface area contributed by atoms with Gasteiger partial charge in [-0.15, -0.1) is 0 Å². The number of hydrogen-bond donors (Lipinski definition) is 4. The van der Waals surface area contributed by atoms with Gasteiger partial charge >= 0.3 is 6.03 Å². The number of nitrogens with one attached hydrogen (secondary N) is 2. The van der Waals surface area contributed by atoms with Gasteiger partial charge in [0.25, 0.3) is 0 Å². The molecule has 4 N–H and O–H groups in total. The Morgan fingerprint density at radius 3 is 2.56 bits per heavy atom. The van der Waals surface area contributed by atoms with Crippen molar-refractivity contribution in [2.75, 3.05) is 6.54 Å². The van der Waals surface area contributed by atoms with E-state index in [0.29, 0.717) is 53.9 Å². The van der Waals surface area contributed by atoms with Crippen LogP contribution in [-0.4, -0.2) is 40.0 Å². The second-order valence-corrected chi connectivity index (χ2v) is 16.4. The van der Waals surface area contributed by atoms with E-state index in [0.717, 1.165) is 53.9 Å². The number of carbonyl (C=O) groups excluding carboxylic acids is 1. The van der Waals surface area contributed by atoms with Gasteiger partial charge < -0.3 is 19.9 Å². The van der Waals surface area contributed by atoms with Gasteiger partial charge in [0.05, 0.1) is 18.4 Å². The number of oxazole rings is 1. The smallest absolute Gasteiger partial charge is 0.325 e. The first-order valence-corrected chi connectivity index (χ1v) is 18.4. The minimum atomic E-state index is -0.254. The molecular formula is C37H55N3O4S. The minimum absolute atomic E-state index is 0.158. The van der Waals surface area contributed by atoms with E-state index in [4.69, 9.17) is 4.42 Å². The topological polar surface area (TPSA) is 108 Å². The molecule has 2 amide bonds. The Kier molecular flexibility index (Phi) is 9.41.